The maximum atomic E-state index is 5.46. The zero-order valence-electron chi connectivity index (χ0n) is 15.1. The number of morpholine rings is 1. The van der Waals surface area contributed by atoms with Crippen LogP contribution in [0.2, 0.25) is 0 Å². The van der Waals surface area contributed by atoms with E-state index in [4.69, 9.17) is 4.74 Å². The highest BCUT2D eigenvalue weighted by Gasteiger charge is 2.30. The number of hydrogen-bond donors (Lipinski definition) is 0. The van der Waals surface area contributed by atoms with Crippen molar-refractivity contribution in [1.29, 1.82) is 0 Å². The first-order chi connectivity index (χ1) is 10.7. The molecule has 3 heterocycles. The van der Waals surface area contributed by atoms with Crippen LogP contribution in [-0.2, 0) is 4.74 Å². The van der Waals surface area contributed by atoms with E-state index in [0.29, 0.717) is 0 Å². The molecule has 4 heteroatoms. The smallest absolute Gasteiger partial charge is 0.0594 e. The van der Waals surface area contributed by atoms with E-state index in [1.807, 2.05) is 0 Å². The number of nitrogens with zero attached hydrogens (tertiary/aromatic N) is 3. The van der Waals surface area contributed by atoms with E-state index in [2.05, 4.69) is 35.6 Å². The van der Waals surface area contributed by atoms with Crippen LogP contribution in [0.4, 0.5) is 0 Å². The summed E-state index contributed by atoms with van der Waals surface area (Å²) < 4.78 is 5.46. The van der Waals surface area contributed by atoms with Crippen LogP contribution in [0.5, 0.6) is 0 Å². The van der Waals surface area contributed by atoms with Gasteiger partial charge >= 0.3 is 0 Å². The van der Waals surface area contributed by atoms with Crippen LogP contribution in [0.3, 0.4) is 0 Å². The van der Waals surface area contributed by atoms with Crippen molar-refractivity contribution in [3.05, 3.63) is 0 Å². The third kappa shape index (κ3) is 5.48. The van der Waals surface area contributed by atoms with Crippen molar-refractivity contribution in [2.45, 2.75) is 58.0 Å². The molecule has 22 heavy (non-hydrogen) atoms. The van der Waals surface area contributed by atoms with E-state index < -0.39 is 0 Å². The van der Waals surface area contributed by atoms with Crippen LogP contribution in [0, 0.1) is 0 Å². The zero-order valence-corrected chi connectivity index (χ0v) is 15.1. The average Bonchev–Trinajstić information content (AvgIpc) is 2.57. The fourth-order valence-corrected chi connectivity index (χ4v) is 3.92. The summed E-state index contributed by atoms with van der Waals surface area (Å²) in [5, 5.41) is 0. The van der Waals surface area contributed by atoms with Crippen molar-refractivity contribution in [2.75, 3.05) is 59.5 Å². The quantitative estimate of drug-likeness (QED) is 0.779. The number of ether oxygens (including phenoxy) is 1. The maximum Gasteiger partial charge on any atom is 0.0594 e. The molecule has 0 aromatic heterocycles. The number of likely N-dealkylation sites (tertiary alicyclic amines) is 2. The van der Waals surface area contributed by atoms with E-state index in [-0.39, 0.29) is 0 Å². The van der Waals surface area contributed by atoms with Gasteiger partial charge in [0.15, 0.2) is 0 Å². The summed E-state index contributed by atoms with van der Waals surface area (Å²) in [6.07, 6.45) is 6.73. The largest absolute Gasteiger partial charge is 0.379 e. The first-order valence-electron chi connectivity index (χ1n) is 9.49. The highest BCUT2D eigenvalue weighted by molar-refractivity contribution is 4.86. The second kappa shape index (κ2) is 9.86. The van der Waals surface area contributed by atoms with Gasteiger partial charge in [-0.1, -0.05) is 20.3 Å². The Morgan fingerprint density at radius 2 is 1.14 bits per heavy atom. The highest BCUT2D eigenvalue weighted by atomic mass is 16.5. The molecular formula is C18H37N3O. The molecule has 130 valence electrons. The Kier molecular flexibility index (Phi) is 8.15. The van der Waals surface area contributed by atoms with E-state index >= 15 is 0 Å². The normalized spacial score (nSPS) is 27.4. The molecule has 0 aromatic rings. The summed E-state index contributed by atoms with van der Waals surface area (Å²) in [7, 11) is 2.25. The average molecular weight is 312 g/mol. The minimum absolute atomic E-state index is 0.825. The minimum Gasteiger partial charge on any atom is -0.379 e. The zero-order chi connectivity index (χ0) is 15.8. The second-order valence-electron chi connectivity index (χ2n) is 7.16. The van der Waals surface area contributed by atoms with Crippen molar-refractivity contribution in [2.24, 2.45) is 0 Å². The van der Waals surface area contributed by atoms with Crippen LogP contribution < -0.4 is 0 Å². The molecule has 3 fully saturated rings. The third-order valence-corrected chi connectivity index (χ3v) is 5.27. The highest BCUT2D eigenvalue weighted by Crippen LogP contribution is 2.23. The van der Waals surface area contributed by atoms with Gasteiger partial charge in [-0.3, -0.25) is 4.90 Å². The lowest BCUT2D eigenvalue weighted by Gasteiger charge is -2.44. The van der Waals surface area contributed by atoms with Gasteiger partial charge in [-0.25, -0.2) is 0 Å². The van der Waals surface area contributed by atoms with Crippen LogP contribution in [-0.4, -0.2) is 86.3 Å². The molecule has 3 saturated heterocycles. The lowest BCUT2D eigenvalue weighted by Crippen LogP contribution is -2.52. The van der Waals surface area contributed by atoms with Gasteiger partial charge in [-0.2, -0.15) is 0 Å². The van der Waals surface area contributed by atoms with Gasteiger partial charge in [0.05, 0.1) is 13.2 Å². The maximum absolute atomic E-state index is 5.46. The number of hydrogen-bond acceptors (Lipinski definition) is 4. The summed E-state index contributed by atoms with van der Waals surface area (Å²) in [4.78, 5) is 7.90. The molecule has 0 bridgehead atoms. The van der Waals surface area contributed by atoms with Crippen LogP contribution in [0.15, 0.2) is 0 Å². The van der Waals surface area contributed by atoms with E-state index in [1.54, 1.807) is 0 Å². The molecule has 0 unspecified atom stereocenters. The lowest BCUT2D eigenvalue weighted by atomic mass is 9.97. The topological polar surface area (TPSA) is 19.0 Å². The fraction of sp³-hybridized carbons (Fsp3) is 1.00. The Bertz CT molecular complexity index is 278. The summed E-state index contributed by atoms with van der Waals surface area (Å²) in [5.41, 5.74) is 0. The van der Waals surface area contributed by atoms with Crippen molar-refractivity contribution < 1.29 is 4.74 Å². The predicted octanol–water partition coefficient (Wildman–Crippen LogP) is 2.29. The molecule has 0 aliphatic carbocycles. The molecule has 3 aliphatic rings. The van der Waals surface area contributed by atoms with Crippen LogP contribution in [0.25, 0.3) is 0 Å². The first-order valence-corrected chi connectivity index (χ1v) is 9.49. The third-order valence-electron chi connectivity index (χ3n) is 5.27. The molecular weight excluding hydrogens is 274 g/mol. The monoisotopic (exact) mass is 311 g/mol. The van der Waals surface area contributed by atoms with Gasteiger partial charge in [-0.15, -0.1) is 0 Å². The molecule has 0 amide bonds. The van der Waals surface area contributed by atoms with Crippen molar-refractivity contribution in [1.82, 2.24) is 14.7 Å². The van der Waals surface area contributed by atoms with E-state index in [0.717, 1.165) is 38.4 Å². The molecule has 4 nitrogen and oxygen atoms in total. The SMILES string of the molecule is CCC.CN1CCC(N2CCC(N3CCOCC3)CC2)CC1. The van der Waals surface area contributed by atoms with Crippen LogP contribution in [0.1, 0.15) is 46.0 Å². The van der Waals surface area contributed by atoms with Crippen molar-refractivity contribution >= 4 is 0 Å². The molecule has 0 spiro atoms. The van der Waals surface area contributed by atoms with Gasteiger partial charge in [0.1, 0.15) is 0 Å². The Labute approximate surface area is 137 Å². The molecule has 3 aliphatic heterocycles. The van der Waals surface area contributed by atoms with Gasteiger partial charge in [-0.05, 0) is 58.9 Å². The van der Waals surface area contributed by atoms with E-state index in [1.165, 1.54) is 58.3 Å². The summed E-state index contributed by atoms with van der Waals surface area (Å²) in [6.45, 7) is 13.6. The standard InChI is InChI=1S/C15H29N3O.C3H8/c1-16-6-2-14(3-7-16)17-8-4-15(5-9-17)18-10-12-19-13-11-18;1-3-2/h14-15H,2-13H2,1H3;3H2,1-2H3. The molecule has 0 radical (unpaired) electrons. The van der Waals surface area contributed by atoms with E-state index in [9.17, 15) is 0 Å². The molecule has 0 aromatic carbocycles. The Balaban J connectivity index is 0.000000545. The van der Waals surface area contributed by atoms with Crippen molar-refractivity contribution in [3.63, 3.8) is 0 Å². The summed E-state index contributed by atoms with van der Waals surface area (Å²) in [6, 6.07) is 1.69. The van der Waals surface area contributed by atoms with Gasteiger partial charge < -0.3 is 14.5 Å². The molecule has 0 saturated carbocycles. The molecule has 0 N–H and O–H groups in total. The Morgan fingerprint density at radius 1 is 0.727 bits per heavy atom. The molecule has 0 atom stereocenters. The summed E-state index contributed by atoms with van der Waals surface area (Å²) in [5.74, 6) is 0. The Hall–Kier alpha value is -0.160. The lowest BCUT2D eigenvalue weighted by molar-refractivity contribution is -0.00665. The first kappa shape index (κ1) is 18.2. The Morgan fingerprint density at radius 3 is 1.64 bits per heavy atom. The minimum atomic E-state index is 0.825. The fourth-order valence-electron chi connectivity index (χ4n) is 3.92. The number of rotatable bonds is 2. The number of piperidine rings is 2. The molecule has 3 rings (SSSR count). The summed E-state index contributed by atoms with van der Waals surface area (Å²) >= 11 is 0. The van der Waals surface area contributed by atoms with Gasteiger partial charge in [0.25, 0.3) is 0 Å². The van der Waals surface area contributed by atoms with Crippen LogP contribution >= 0.6 is 0 Å². The van der Waals surface area contributed by atoms with Gasteiger partial charge in [0.2, 0.25) is 0 Å². The predicted molar refractivity (Wildman–Crippen MR) is 93.5 cm³/mol. The van der Waals surface area contributed by atoms with Crippen molar-refractivity contribution in [3.8, 4) is 0 Å². The van der Waals surface area contributed by atoms with Gasteiger partial charge in [0, 0.05) is 25.2 Å². The second-order valence-corrected chi connectivity index (χ2v) is 7.16.